The summed E-state index contributed by atoms with van der Waals surface area (Å²) in [6.07, 6.45) is 4.15. The monoisotopic (exact) mass is 561 g/mol. The predicted octanol–water partition coefficient (Wildman–Crippen LogP) is 3.32. The van der Waals surface area contributed by atoms with E-state index in [0.29, 0.717) is 27.2 Å². The maximum absolute atomic E-state index is 14.3. The quantitative estimate of drug-likeness (QED) is 0.383. The number of allylic oxidation sites excluding steroid dienone is 2. The first kappa shape index (κ1) is 29.1. The Morgan fingerprint density at radius 3 is 2.21 bits per heavy atom. The number of carbonyl (C=O) groups excluding carboxylic acids is 1. The number of rotatable bonds is 11. The number of hydrogen-bond donors (Lipinski definition) is 3. The molecule has 38 heavy (non-hydrogen) atoms. The van der Waals surface area contributed by atoms with Crippen LogP contribution in [0.5, 0.6) is 0 Å². The van der Waals surface area contributed by atoms with Gasteiger partial charge in [-0.2, -0.15) is 0 Å². The topological polar surface area (TPSA) is 138 Å². The fourth-order valence-corrected chi connectivity index (χ4v) is 5.46. The van der Waals surface area contributed by atoms with Gasteiger partial charge in [0.1, 0.15) is 11.9 Å². The van der Waals surface area contributed by atoms with Gasteiger partial charge in [0.15, 0.2) is 0 Å². The molecule has 0 aromatic heterocycles. The molecular weight excluding hydrogens is 533 g/mol. The molecule has 0 radical (unpaired) electrons. The Morgan fingerprint density at radius 1 is 1.00 bits per heavy atom. The van der Waals surface area contributed by atoms with E-state index >= 15 is 0 Å². The second-order valence-electron chi connectivity index (χ2n) is 8.93. The number of hydrogen-bond acceptors (Lipinski definition) is 5. The minimum Gasteiger partial charge on any atom is -0.481 e. The van der Waals surface area contributed by atoms with E-state index in [-0.39, 0.29) is 17.7 Å². The molecule has 0 saturated heterocycles. The lowest BCUT2D eigenvalue weighted by atomic mass is 9.89. The number of amides is 1. The molecule has 11 heteroatoms. The summed E-state index contributed by atoms with van der Waals surface area (Å²) >= 11 is 0. The fourth-order valence-electron chi connectivity index (χ4n) is 4.37. The minimum absolute atomic E-state index is 0.0554. The van der Waals surface area contributed by atoms with E-state index in [2.05, 4.69) is 5.32 Å². The molecule has 0 aliphatic heterocycles. The van der Waals surface area contributed by atoms with Crippen molar-refractivity contribution < 1.29 is 37.4 Å². The van der Waals surface area contributed by atoms with Crippen LogP contribution in [0.3, 0.4) is 0 Å². The summed E-state index contributed by atoms with van der Waals surface area (Å²) in [5, 5.41) is 21.8. The van der Waals surface area contributed by atoms with Crippen molar-refractivity contribution in [1.29, 1.82) is 0 Å². The molecule has 3 N–H and O–H groups in total. The van der Waals surface area contributed by atoms with Crippen LogP contribution < -0.4 is 5.32 Å². The molecule has 1 aliphatic rings. The highest BCUT2D eigenvalue weighted by atomic mass is 32.2. The van der Waals surface area contributed by atoms with Crippen molar-refractivity contribution in [3.05, 3.63) is 70.5 Å². The average Bonchev–Trinajstić information content (AvgIpc) is 3.10. The van der Waals surface area contributed by atoms with Crippen molar-refractivity contribution in [2.75, 3.05) is 18.3 Å². The number of nitrogens with one attached hydrogen (secondary N) is 1. The highest BCUT2D eigenvalue weighted by molar-refractivity contribution is 7.84. The van der Waals surface area contributed by atoms with Gasteiger partial charge in [0.2, 0.25) is 5.91 Å². The maximum atomic E-state index is 14.3. The van der Waals surface area contributed by atoms with Gasteiger partial charge in [-0.15, -0.1) is 0 Å². The highest BCUT2D eigenvalue weighted by Gasteiger charge is 2.35. The second kappa shape index (κ2) is 12.4. The molecule has 0 bridgehead atoms. The third-order valence-corrected chi connectivity index (χ3v) is 8.00. The molecule has 8 nitrogen and oxygen atoms in total. The van der Waals surface area contributed by atoms with Gasteiger partial charge >= 0.3 is 11.9 Å². The van der Waals surface area contributed by atoms with Crippen LogP contribution in [0.15, 0.2) is 52.9 Å². The molecule has 0 spiro atoms. The van der Waals surface area contributed by atoms with Crippen molar-refractivity contribution in [1.82, 2.24) is 5.32 Å². The van der Waals surface area contributed by atoms with Gasteiger partial charge in [-0.05, 0) is 77.1 Å². The van der Waals surface area contributed by atoms with Crippen molar-refractivity contribution in [3.63, 3.8) is 0 Å². The Bertz CT molecular complexity index is 1380. The van der Waals surface area contributed by atoms with Crippen LogP contribution in [0, 0.1) is 11.7 Å². The minimum atomic E-state index is -1.37. The van der Waals surface area contributed by atoms with Crippen LogP contribution >= 0.6 is 0 Å². The number of carboxylic acid groups (broad SMARTS) is 2. The molecule has 3 rings (SSSR count). The summed E-state index contributed by atoms with van der Waals surface area (Å²) < 4.78 is 37.4. The normalized spacial score (nSPS) is 17.0. The predicted molar refractivity (Wildman–Crippen MR) is 144 cm³/mol. The summed E-state index contributed by atoms with van der Waals surface area (Å²) in [4.78, 5) is 37.3. The SMILES string of the molecule is CC1=C(C(CC(=O)NC(CCS(C)=O)C(=O)O)C(=O)O)c2cc(F)ccc2/C1=C\c1ccc(S(C)=O)cc1. The second-order valence-corrected chi connectivity index (χ2v) is 11.9. The first-order chi connectivity index (χ1) is 17.9. The molecule has 2 aromatic carbocycles. The number of halogens is 1. The van der Waals surface area contributed by atoms with Gasteiger partial charge in [0, 0.05) is 51.2 Å². The van der Waals surface area contributed by atoms with E-state index in [1.54, 1.807) is 43.5 Å². The molecule has 1 amide bonds. The summed E-state index contributed by atoms with van der Waals surface area (Å²) in [6.45, 7) is 1.69. The molecule has 0 heterocycles. The van der Waals surface area contributed by atoms with Crippen molar-refractivity contribution in [2.45, 2.75) is 30.7 Å². The lowest BCUT2D eigenvalue weighted by Gasteiger charge is -2.19. The van der Waals surface area contributed by atoms with Crippen LogP contribution in [-0.2, 0) is 36.0 Å². The van der Waals surface area contributed by atoms with E-state index in [1.165, 1.54) is 18.4 Å². The van der Waals surface area contributed by atoms with E-state index in [9.17, 15) is 37.4 Å². The van der Waals surface area contributed by atoms with Crippen LogP contribution in [0.2, 0.25) is 0 Å². The first-order valence-electron chi connectivity index (χ1n) is 11.6. The zero-order valence-electron chi connectivity index (χ0n) is 21.0. The zero-order valence-corrected chi connectivity index (χ0v) is 22.7. The Labute approximate surface area is 224 Å². The Morgan fingerprint density at radius 2 is 1.66 bits per heavy atom. The van der Waals surface area contributed by atoms with Gasteiger partial charge < -0.3 is 15.5 Å². The summed E-state index contributed by atoms with van der Waals surface area (Å²) in [7, 11) is -2.42. The molecule has 202 valence electrons. The molecule has 0 saturated carbocycles. The maximum Gasteiger partial charge on any atom is 0.326 e. The van der Waals surface area contributed by atoms with E-state index < -0.39 is 63.6 Å². The number of carboxylic acids is 2. The van der Waals surface area contributed by atoms with Crippen LogP contribution in [-0.4, -0.2) is 60.8 Å². The smallest absolute Gasteiger partial charge is 0.326 e. The molecule has 1 aliphatic carbocycles. The Kier molecular flexibility index (Phi) is 9.50. The Hall–Kier alpha value is -3.44. The van der Waals surface area contributed by atoms with Crippen LogP contribution in [0.25, 0.3) is 17.2 Å². The van der Waals surface area contributed by atoms with Crippen molar-refractivity contribution >= 4 is 56.7 Å². The lowest BCUT2D eigenvalue weighted by Crippen LogP contribution is -2.42. The van der Waals surface area contributed by atoms with Gasteiger partial charge in [-0.25, -0.2) is 9.18 Å². The lowest BCUT2D eigenvalue weighted by molar-refractivity contribution is -0.143. The number of benzene rings is 2. The molecule has 0 fully saturated rings. The van der Waals surface area contributed by atoms with Gasteiger partial charge in [0.05, 0.1) is 5.92 Å². The van der Waals surface area contributed by atoms with Crippen molar-refractivity contribution in [2.24, 2.45) is 5.92 Å². The van der Waals surface area contributed by atoms with Gasteiger partial charge in [-0.3, -0.25) is 18.0 Å². The van der Waals surface area contributed by atoms with E-state index in [0.717, 1.165) is 5.56 Å². The highest BCUT2D eigenvalue weighted by Crippen LogP contribution is 2.46. The Balaban J connectivity index is 1.99. The molecule has 4 unspecified atom stereocenters. The number of fused-ring (bicyclic) bond motifs is 1. The van der Waals surface area contributed by atoms with E-state index in [4.69, 9.17) is 0 Å². The van der Waals surface area contributed by atoms with Crippen molar-refractivity contribution in [3.8, 4) is 0 Å². The first-order valence-corrected chi connectivity index (χ1v) is 14.9. The third-order valence-electron chi connectivity index (χ3n) is 6.26. The third kappa shape index (κ3) is 6.90. The summed E-state index contributed by atoms with van der Waals surface area (Å²) in [6, 6.07) is 9.71. The number of aliphatic carboxylic acids is 2. The summed E-state index contributed by atoms with van der Waals surface area (Å²) in [5.41, 5.74) is 3.17. The number of carbonyl (C=O) groups is 3. The van der Waals surface area contributed by atoms with Crippen LogP contribution in [0.4, 0.5) is 4.39 Å². The summed E-state index contributed by atoms with van der Waals surface area (Å²) in [5.74, 6) is -5.33. The molecule has 4 atom stereocenters. The van der Waals surface area contributed by atoms with Gasteiger partial charge in [-0.1, -0.05) is 18.2 Å². The fraction of sp³-hybridized carbons (Fsp3) is 0.296. The van der Waals surface area contributed by atoms with Crippen LogP contribution in [0.1, 0.15) is 36.5 Å². The average molecular weight is 562 g/mol. The largest absolute Gasteiger partial charge is 0.481 e. The standard InChI is InChI=1S/C27H28FNO7S2/c1-15-20(12-16-4-7-18(8-5-16)38(3)36)19-9-6-17(28)13-21(19)25(15)22(26(31)32)14-24(30)29-23(27(33)34)10-11-37(2)35/h4-9,12-13,22-23H,10-11,14H2,1-3H3,(H,29,30)(H,31,32)(H,33,34)/b20-12-. The molecular formula is C27H28FNO7S2. The molecule has 2 aromatic rings. The van der Waals surface area contributed by atoms with E-state index in [1.807, 2.05) is 6.08 Å². The zero-order chi connectivity index (χ0) is 28.1. The van der Waals surface area contributed by atoms with Gasteiger partial charge in [0.25, 0.3) is 0 Å².